The second kappa shape index (κ2) is 6.88. The van der Waals surface area contributed by atoms with Crippen LogP contribution in [-0.4, -0.2) is 28.4 Å². The van der Waals surface area contributed by atoms with Gasteiger partial charge in [-0.05, 0) is 0 Å². The van der Waals surface area contributed by atoms with Crippen LogP contribution in [0.25, 0.3) is 0 Å². The van der Waals surface area contributed by atoms with Crippen LogP contribution in [0.3, 0.4) is 0 Å². The largest absolute Gasteiger partial charge is 1.00 e. The molecule has 0 aromatic carbocycles. The van der Waals surface area contributed by atoms with Gasteiger partial charge in [0.1, 0.15) is 0 Å². The molecule has 4 N–H and O–H groups in total. The molecule has 0 aliphatic carbocycles. The maximum atomic E-state index is 10.0. The van der Waals surface area contributed by atoms with Gasteiger partial charge in [-0.3, -0.25) is 4.57 Å². The molecular formula is C3H9NNaO4PS. The molecule has 0 aliphatic rings. The van der Waals surface area contributed by atoms with Crippen molar-refractivity contribution in [3.05, 3.63) is 0 Å². The molecule has 0 saturated carbocycles. The van der Waals surface area contributed by atoms with Gasteiger partial charge in [-0.15, -0.1) is 0 Å². The molecule has 2 unspecified atom stereocenters. The van der Waals surface area contributed by atoms with Crippen LogP contribution in [-0.2, 0) is 4.57 Å². The molecule has 0 aliphatic heterocycles. The van der Waals surface area contributed by atoms with E-state index in [-0.39, 0.29) is 41.9 Å². The zero-order valence-corrected chi connectivity index (χ0v) is 9.85. The molecule has 0 aromatic rings. The van der Waals surface area contributed by atoms with Crippen LogP contribution in [0.15, 0.2) is 0 Å². The molecule has 5 nitrogen and oxygen atoms in total. The molecule has 0 radical (unpaired) electrons. The Labute approximate surface area is 90.9 Å². The normalized spacial score (nSPS) is 18.2. The number of nitrogens with two attached hydrogens (primary N) is 1. The van der Waals surface area contributed by atoms with Crippen molar-refractivity contribution in [2.24, 2.45) is 5.73 Å². The fraction of sp³-hybridized carbons (Fsp3) is 1.00. The predicted octanol–water partition coefficient (Wildman–Crippen LogP) is -4.50. The standard InChI is InChI=1S/C3H10NO4PS.Na/c4-1-3(5)2-10-9(6,7)8;/h3,5H,1-2,4H2,(H2,6,7,8);/q;+1/p-1. The van der Waals surface area contributed by atoms with Crippen LogP contribution in [0.1, 0.15) is 0 Å². The third-order valence-electron chi connectivity index (χ3n) is 0.702. The number of rotatable bonds is 4. The van der Waals surface area contributed by atoms with Crippen molar-refractivity contribution in [2.75, 3.05) is 12.3 Å². The molecule has 0 spiro atoms. The zero-order chi connectivity index (χ0) is 8.20. The van der Waals surface area contributed by atoms with Crippen molar-refractivity contribution in [2.45, 2.75) is 6.10 Å². The summed E-state index contributed by atoms with van der Waals surface area (Å²) in [5, 5.41) is 8.70. The second-order valence-corrected chi connectivity index (χ2v) is 5.34. The van der Waals surface area contributed by atoms with Crippen molar-refractivity contribution < 1.29 is 49.0 Å². The third-order valence-corrected chi connectivity index (χ3v) is 2.99. The average molecular weight is 209 g/mol. The summed E-state index contributed by atoms with van der Waals surface area (Å²) in [6.07, 6.45) is -0.876. The van der Waals surface area contributed by atoms with E-state index in [9.17, 15) is 9.46 Å². The third kappa shape index (κ3) is 11.4. The first-order chi connectivity index (χ1) is 4.45. The Balaban J connectivity index is 0. The fourth-order valence-electron chi connectivity index (χ4n) is 0.248. The first kappa shape index (κ1) is 14.9. The van der Waals surface area contributed by atoms with E-state index in [4.69, 9.17) is 15.7 Å². The smallest absolute Gasteiger partial charge is 0.770 e. The first-order valence-corrected chi connectivity index (χ1v) is 5.69. The summed E-state index contributed by atoms with van der Waals surface area (Å²) in [6, 6.07) is 0. The van der Waals surface area contributed by atoms with Gasteiger partial charge in [0, 0.05) is 12.3 Å². The Morgan fingerprint density at radius 2 is 2.18 bits per heavy atom. The summed E-state index contributed by atoms with van der Waals surface area (Å²) in [5.74, 6) is -0.0895. The van der Waals surface area contributed by atoms with Gasteiger partial charge in [-0.1, -0.05) is 11.4 Å². The predicted molar refractivity (Wildman–Crippen MR) is 37.3 cm³/mol. The number of hydrogen-bond donors (Lipinski definition) is 3. The molecule has 0 amide bonds. The summed E-state index contributed by atoms with van der Waals surface area (Å²) < 4.78 is 10.0. The minimum Gasteiger partial charge on any atom is -0.770 e. The maximum absolute atomic E-state index is 10.0. The summed E-state index contributed by atoms with van der Waals surface area (Å²) in [7, 11) is 0. The van der Waals surface area contributed by atoms with Gasteiger partial charge in [0.2, 0.25) is 0 Å². The van der Waals surface area contributed by atoms with Crippen LogP contribution in [0, 0.1) is 0 Å². The van der Waals surface area contributed by atoms with Crippen molar-refractivity contribution in [3.8, 4) is 0 Å². The Morgan fingerprint density at radius 3 is 2.45 bits per heavy atom. The van der Waals surface area contributed by atoms with Crippen LogP contribution in [0.2, 0.25) is 0 Å². The van der Waals surface area contributed by atoms with E-state index in [1.165, 1.54) is 0 Å². The Hall–Kier alpha value is 1.42. The van der Waals surface area contributed by atoms with Gasteiger partial charge in [0.25, 0.3) is 0 Å². The van der Waals surface area contributed by atoms with E-state index in [1.807, 2.05) is 0 Å². The second-order valence-electron chi connectivity index (χ2n) is 1.65. The van der Waals surface area contributed by atoms with Crippen molar-refractivity contribution in [1.82, 2.24) is 0 Å². The van der Waals surface area contributed by atoms with Gasteiger partial charge in [-0.25, -0.2) is 0 Å². The minimum atomic E-state index is -4.28. The molecule has 0 saturated heterocycles. The Kier molecular flexibility index (Phi) is 9.34. The fourth-order valence-corrected chi connectivity index (χ4v) is 1.83. The van der Waals surface area contributed by atoms with Crippen LogP contribution < -0.4 is 40.2 Å². The van der Waals surface area contributed by atoms with Crippen molar-refractivity contribution in [1.29, 1.82) is 0 Å². The molecule has 0 aromatic heterocycles. The summed E-state index contributed by atoms with van der Waals surface area (Å²) in [4.78, 5) is 18.2. The SMILES string of the molecule is NCC(O)CSP(=O)([O-])O.[Na+]. The summed E-state index contributed by atoms with van der Waals surface area (Å²) in [6.45, 7) is -4.29. The van der Waals surface area contributed by atoms with Gasteiger partial charge >= 0.3 is 29.6 Å². The van der Waals surface area contributed by atoms with Gasteiger partial charge < -0.3 is 20.6 Å². The zero-order valence-electron chi connectivity index (χ0n) is 6.14. The summed E-state index contributed by atoms with van der Waals surface area (Å²) in [5.41, 5.74) is 4.96. The van der Waals surface area contributed by atoms with E-state index >= 15 is 0 Å². The van der Waals surface area contributed by atoms with E-state index in [2.05, 4.69) is 0 Å². The Bertz CT molecular complexity index is 141. The maximum Gasteiger partial charge on any atom is 1.00 e. The van der Waals surface area contributed by atoms with Crippen molar-refractivity contribution >= 4 is 18.2 Å². The molecule has 62 valence electrons. The average Bonchev–Trinajstić information content (AvgIpc) is 1.81. The van der Waals surface area contributed by atoms with Crippen LogP contribution in [0.4, 0.5) is 0 Å². The molecule has 8 heteroatoms. The summed E-state index contributed by atoms with van der Waals surface area (Å²) >= 11 is 0.292. The van der Waals surface area contributed by atoms with Gasteiger partial charge in [-0.2, -0.15) is 0 Å². The van der Waals surface area contributed by atoms with E-state index in [0.29, 0.717) is 11.4 Å². The van der Waals surface area contributed by atoms with Gasteiger partial charge in [0.15, 0.2) is 6.80 Å². The molecule has 2 atom stereocenters. The topological polar surface area (TPSA) is 107 Å². The molecule has 0 heterocycles. The quantitative estimate of drug-likeness (QED) is 0.318. The molecule has 11 heavy (non-hydrogen) atoms. The minimum absolute atomic E-state index is 0. The van der Waals surface area contributed by atoms with E-state index in [0.717, 1.165) is 0 Å². The van der Waals surface area contributed by atoms with Crippen LogP contribution >= 0.6 is 18.2 Å². The molecule has 0 rings (SSSR count). The van der Waals surface area contributed by atoms with Gasteiger partial charge in [0.05, 0.1) is 6.10 Å². The number of hydrogen-bond acceptors (Lipinski definition) is 5. The number of aliphatic hydroxyl groups is 1. The van der Waals surface area contributed by atoms with Crippen molar-refractivity contribution in [3.63, 3.8) is 0 Å². The number of aliphatic hydroxyl groups excluding tert-OH is 1. The van der Waals surface area contributed by atoms with Crippen LogP contribution in [0.5, 0.6) is 0 Å². The monoisotopic (exact) mass is 209 g/mol. The first-order valence-electron chi connectivity index (χ1n) is 2.52. The van der Waals surface area contributed by atoms with E-state index in [1.54, 1.807) is 0 Å². The molecular weight excluding hydrogens is 200 g/mol. The van der Waals surface area contributed by atoms with E-state index < -0.39 is 12.9 Å². The molecule has 0 bridgehead atoms. The Morgan fingerprint density at radius 1 is 1.73 bits per heavy atom. The molecule has 0 fully saturated rings.